The summed E-state index contributed by atoms with van der Waals surface area (Å²) < 4.78 is 15.6. The van der Waals surface area contributed by atoms with Crippen LogP contribution in [0.1, 0.15) is 64.4 Å². The number of aliphatic hydroxyl groups is 1. The monoisotopic (exact) mass is 362 g/mol. The lowest BCUT2D eigenvalue weighted by atomic mass is 9.93. The van der Waals surface area contributed by atoms with E-state index in [9.17, 15) is 9.90 Å². The van der Waals surface area contributed by atoms with E-state index in [1.54, 1.807) is 12.5 Å². The minimum Gasteiger partial charge on any atom is -0.472 e. The van der Waals surface area contributed by atoms with Crippen molar-refractivity contribution in [2.45, 2.75) is 83.2 Å². The van der Waals surface area contributed by atoms with Crippen LogP contribution < -0.4 is 0 Å². The molecule has 0 amide bonds. The molecule has 0 unspecified atom stereocenters. The molecular formula is C21H30O5. The van der Waals surface area contributed by atoms with Gasteiger partial charge in [0.15, 0.2) is 0 Å². The molecule has 26 heavy (non-hydrogen) atoms. The summed E-state index contributed by atoms with van der Waals surface area (Å²) in [4.78, 5) is 11.2. The molecule has 1 N–H and O–H groups in total. The van der Waals surface area contributed by atoms with Gasteiger partial charge >= 0.3 is 5.97 Å². The third-order valence-electron chi connectivity index (χ3n) is 5.43. The van der Waals surface area contributed by atoms with Crippen LogP contribution in [0.4, 0.5) is 0 Å². The number of aryl methyl sites for hydroxylation is 1. The highest BCUT2D eigenvalue weighted by molar-refractivity contribution is 5.74. The summed E-state index contributed by atoms with van der Waals surface area (Å²) in [5, 5.41) is 10.3. The maximum absolute atomic E-state index is 11.2. The van der Waals surface area contributed by atoms with Crippen molar-refractivity contribution in [3.05, 3.63) is 35.8 Å². The Labute approximate surface area is 155 Å². The van der Waals surface area contributed by atoms with Gasteiger partial charge in [-0.25, -0.2) is 0 Å². The van der Waals surface area contributed by atoms with Gasteiger partial charge in [-0.15, -0.1) is 0 Å². The van der Waals surface area contributed by atoms with E-state index in [1.165, 1.54) is 11.1 Å². The number of fused-ring (bicyclic) bond motifs is 1. The first-order valence-corrected chi connectivity index (χ1v) is 9.69. The molecule has 1 aromatic rings. The van der Waals surface area contributed by atoms with Crippen LogP contribution in [0.2, 0.25) is 0 Å². The average molecular weight is 362 g/mol. The summed E-state index contributed by atoms with van der Waals surface area (Å²) in [6.45, 7) is 4.27. The summed E-state index contributed by atoms with van der Waals surface area (Å²) in [6, 6.07) is 2.01. The molecule has 2 fully saturated rings. The number of allylic oxidation sites excluding steroid dienone is 1. The van der Waals surface area contributed by atoms with E-state index in [1.807, 2.05) is 6.07 Å². The fourth-order valence-electron chi connectivity index (χ4n) is 3.88. The molecule has 144 valence electrons. The molecule has 0 aliphatic carbocycles. The Morgan fingerprint density at radius 2 is 2.35 bits per heavy atom. The molecule has 5 nitrogen and oxygen atoms in total. The standard InChI is InChI=1S/C21H30O5/c1-15(5-3-7-17-8-10-24-14-17)11-18(22)12-16(2)6-4-9-21-13-19(23)25-20(21)26-21/h6,8,10,14-15,18,20,22H,3-5,7,9,11-13H2,1-2H3/b16-6+/t15-,18-,20+,21+/m0/s1. The van der Waals surface area contributed by atoms with Gasteiger partial charge in [0.2, 0.25) is 6.29 Å². The molecule has 2 aliphatic heterocycles. The van der Waals surface area contributed by atoms with Crippen molar-refractivity contribution < 1.29 is 23.8 Å². The van der Waals surface area contributed by atoms with E-state index in [0.717, 1.165) is 38.5 Å². The molecule has 5 heteroatoms. The zero-order chi connectivity index (χ0) is 18.6. The average Bonchev–Trinajstić information content (AvgIpc) is 2.92. The first-order chi connectivity index (χ1) is 12.5. The van der Waals surface area contributed by atoms with Crippen molar-refractivity contribution in [1.82, 2.24) is 0 Å². The molecule has 2 aliphatic rings. The number of furan rings is 1. The molecule has 0 spiro atoms. The maximum atomic E-state index is 11.2. The molecule has 2 saturated heterocycles. The van der Waals surface area contributed by atoms with Crippen LogP contribution in [0, 0.1) is 5.92 Å². The number of rotatable bonds is 11. The second kappa shape index (κ2) is 8.40. The smallest absolute Gasteiger partial charge is 0.311 e. The Morgan fingerprint density at radius 1 is 1.50 bits per heavy atom. The van der Waals surface area contributed by atoms with Crippen LogP contribution >= 0.6 is 0 Å². The second-order valence-electron chi connectivity index (χ2n) is 7.99. The Kier molecular flexibility index (Phi) is 6.20. The van der Waals surface area contributed by atoms with Gasteiger partial charge in [-0.05, 0) is 63.0 Å². The summed E-state index contributed by atoms with van der Waals surface area (Å²) in [7, 11) is 0. The number of hydrogen-bond acceptors (Lipinski definition) is 5. The van der Waals surface area contributed by atoms with Gasteiger partial charge in [-0.3, -0.25) is 4.79 Å². The largest absolute Gasteiger partial charge is 0.472 e. The number of epoxide rings is 1. The molecular weight excluding hydrogens is 332 g/mol. The number of esters is 1. The molecule has 3 rings (SSSR count). The highest BCUT2D eigenvalue weighted by atomic mass is 16.8. The van der Waals surface area contributed by atoms with Gasteiger partial charge < -0.3 is 19.0 Å². The van der Waals surface area contributed by atoms with E-state index in [2.05, 4.69) is 19.9 Å². The minimum absolute atomic E-state index is 0.154. The predicted molar refractivity (Wildman–Crippen MR) is 97.4 cm³/mol. The van der Waals surface area contributed by atoms with Crippen molar-refractivity contribution >= 4 is 5.97 Å². The van der Waals surface area contributed by atoms with E-state index in [4.69, 9.17) is 13.9 Å². The van der Waals surface area contributed by atoms with E-state index >= 15 is 0 Å². The zero-order valence-corrected chi connectivity index (χ0v) is 15.8. The van der Waals surface area contributed by atoms with Gasteiger partial charge in [0, 0.05) is 0 Å². The summed E-state index contributed by atoms with van der Waals surface area (Å²) in [5.74, 6) is 0.352. The third kappa shape index (κ3) is 5.21. The van der Waals surface area contributed by atoms with Gasteiger partial charge in [0.1, 0.15) is 5.60 Å². The quantitative estimate of drug-likeness (QED) is 0.364. The highest BCUT2D eigenvalue weighted by Crippen LogP contribution is 2.49. The fraction of sp³-hybridized carbons (Fsp3) is 0.667. The van der Waals surface area contributed by atoms with E-state index in [0.29, 0.717) is 18.8 Å². The number of hydrogen-bond donors (Lipinski definition) is 1. The van der Waals surface area contributed by atoms with Gasteiger partial charge in [0.25, 0.3) is 0 Å². The lowest BCUT2D eigenvalue weighted by molar-refractivity contribution is -0.147. The van der Waals surface area contributed by atoms with Crippen molar-refractivity contribution in [2.75, 3.05) is 0 Å². The van der Waals surface area contributed by atoms with Crippen LogP contribution in [0.3, 0.4) is 0 Å². The van der Waals surface area contributed by atoms with E-state index in [-0.39, 0.29) is 24.0 Å². The van der Waals surface area contributed by atoms with Crippen LogP contribution in [0.15, 0.2) is 34.7 Å². The lowest BCUT2D eigenvalue weighted by Crippen LogP contribution is -2.13. The Balaban J connectivity index is 1.29. The second-order valence-corrected chi connectivity index (χ2v) is 7.99. The Morgan fingerprint density at radius 3 is 3.04 bits per heavy atom. The van der Waals surface area contributed by atoms with Crippen LogP contribution in [0.5, 0.6) is 0 Å². The molecule has 3 heterocycles. The van der Waals surface area contributed by atoms with E-state index < -0.39 is 0 Å². The van der Waals surface area contributed by atoms with Crippen LogP contribution in [0.25, 0.3) is 0 Å². The lowest BCUT2D eigenvalue weighted by Gasteiger charge is -2.16. The number of aliphatic hydroxyl groups excluding tert-OH is 1. The van der Waals surface area contributed by atoms with Crippen molar-refractivity contribution in [1.29, 1.82) is 0 Å². The Hall–Kier alpha value is -1.59. The normalized spacial score (nSPS) is 27.1. The SMILES string of the molecule is C/C(=C\CC[C@@]12CC(=O)O[C@@H]1O2)C[C@@H](O)C[C@@H](C)CCCc1ccoc1. The molecule has 0 aromatic carbocycles. The van der Waals surface area contributed by atoms with Crippen molar-refractivity contribution in [3.8, 4) is 0 Å². The highest BCUT2D eigenvalue weighted by Gasteiger charge is 2.65. The molecule has 0 bridgehead atoms. The van der Waals surface area contributed by atoms with Crippen molar-refractivity contribution in [2.24, 2.45) is 5.92 Å². The molecule has 0 saturated carbocycles. The predicted octanol–water partition coefficient (Wildman–Crippen LogP) is 4.15. The van der Waals surface area contributed by atoms with Crippen molar-refractivity contribution in [3.63, 3.8) is 0 Å². The molecule has 0 radical (unpaired) electrons. The summed E-state index contributed by atoms with van der Waals surface area (Å²) in [6.07, 6.45) is 11.9. The number of carbonyl (C=O) groups is 1. The summed E-state index contributed by atoms with van der Waals surface area (Å²) in [5.41, 5.74) is 2.09. The van der Waals surface area contributed by atoms with Gasteiger partial charge in [-0.2, -0.15) is 0 Å². The first-order valence-electron chi connectivity index (χ1n) is 9.69. The number of carbonyl (C=O) groups excluding carboxylic acids is 1. The fourth-order valence-corrected chi connectivity index (χ4v) is 3.88. The van der Waals surface area contributed by atoms with Gasteiger partial charge in [0.05, 0.1) is 25.1 Å². The topological polar surface area (TPSA) is 72.2 Å². The molecule has 4 atom stereocenters. The van der Waals surface area contributed by atoms with Gasteiger partial charge in [-0.1, -0.05) is 25.0 Å². The molecule has 1 aromatic heterocycles. The first kappa shape index (κ1) is 19.2. The number of ether oxygens (including phenoxy) is 2. The minimum atomic E-state index is -0.351. The van der Waals surface area contributed by atoms with Crippen LogP contribution in [-0.4, -0.2) is 29.1 Å². The zero-order valence-electron chi connectivity index (χ0n) is 15.8. The third-order valence-corrected chi connectivity index (χ3v) is 5.43. The Bertz CT molecular complexity index is 620. The maximum Gasteiger partial charge on any atom is 0.311 e. The summed E-state index contributed by atoms with van der Waals surface area (Å²) >= 11 is 0. The van der Waals surface area contributed by atoms with Crippen LogP contribution in [-0.2, 0) is 20.7 Å².